The molecule has 210 valence electrons. The molecule has 0 unspecified atom stereocenters. The van der Waals surface area contributed by atoms with Gasteiger partial charge in [-0.1, -0.05) is 6.07 Å². The fraction of sp³-hybridized carbons (Fsp3) is 0.312. The number of carbonyl (C=O) groups excluding carboxylic acids is 1. The molecule has 4 aromatic rings. The number of carboxylic acid groups (broad SMARTS) is 1. The molecule has 6 rings (SSSR count). The second-order valence-electron chi connectivity index (χ2n) is 11.8. The molecule has 3 N–H and O–H groups in total. The molecule has 2 aromatic carbocycles. The average molecular weight is 557 g/mol. The van der Waals surface area contributed by atoms with E-state index in [0.29, 0.717) is 43.6 Å². The molecule has 3 heterocycles. The van der Waals surface area contributed by atoms with Crippen molar-refractivity contribution in [3.63, 3.8) is 0 Å². The fourth-order valence-corrected chi connectivity index (χ4v) is 6.06. The first kappa shape index (κ1) is 27.0. The third-order valence-electron chi connectivity index (χ3n) is 8.51. The lowest BCUT2D eigenvalue weighted by Crippen LogP contribution is -2.35. The molecule has 41 heavy (non-hydrogen) atoms. The summed E-state index contributed by atoms with van der Waals surface area (Å²) < 4.78 is 28.1. The van der Waals surface area contributed by atoms with Crippen molar-refractivity contribution in [3.8, 4) is 0 Å². The second kappa shape index (κ2) is 9.99. The molecule has 1 amide bonds. The van der Waals surface area contributed by atoms with Gasteiger partial charge in [-0.3, -0.25) is 14.6 Å². The molecule has 0 saturated carbocycles. The van der Waals surface area contributed by atoms with E-state index in [1.807, 2.05) is 24.3 Å². The third-order valence-corrected chi connectivity index (χ3v) is 8.51. The lowest BCUT2D eigenvalue weighted by molar-refractivity contribution is -0.147. The molecule has 0 radical (unpaired) electrons. The van der Waals surface area contributed by atoms with Gasteiger partial charge in [0.15, 0.2) is 0 Å². The highest BCUT2D eigenvalue weighted by Crippen LogP contribution is 2.47. The summed E-state index contributed by atoms with van der Waals surface area (Å²) in [6.45, 7) is 3.64. The van der Waals surface area contributed by atoms with Gasteiger partial charge in [-0.15, -0.1) is 0 Å². The number of pyridine rings is 2. The molecule has 2 aromatic heterocycles. The first-order valence-corrected chi connectivity index (χ1v) is 13.6. The summed E-state index contributed by atoms with van der Waals surface area (Å²) in [5, 5.41) is 16.8. The van der Waals surface area contributed by atoms with Gasteiger partial charge in [-0.05, 0) is 98.2 Å². The first-order chi connectivity index (χ1) is 19.5. The van der Waals surface area contributed by atoms with Crippen LogP contribution in [0.15, 0.2) is 60.9 Å². The number of hydrogen-bond acceptors (Lipinski definition) is 5. The lowest BCUT2D eigenvalue weighted by Gasteiger charge is -2.25. The van der Waals surface area contributed by atoms with Gasteiger partial charge in [0.2, 0.25) is 5.91 Å². The molecule has 0 saturated heterocycles. The quantitative estimate of drug-likeness (QED) is 0.260. The van der Waals surface area contributed by atoms with E-state index >= 15 is 0 Å². The smallest absolute Gasteiger partial charge is 0.309 e. The predicted molar refractivity (Wildman–Crippen MR) is 150 cm³/mol. The highest BCUT2D eigenvalue weighted by atomic mass is 19.1. The normalized spacial score (nSPS) is 18.4. The molecule has 2 atom stereocenters. The van der Waals surface area contributed by atoms with E-state index in [1.165, 1.54) is 12.1 Å². The Balaban J connectivity index is 1.24. The summed E-state index contributed by atoms with van der Waals surface area (Å²) in [4.78, 5) is 33.7. The van der Waals surface area contributed by atoms with E-state index in [4.69, 9.17) is 0 Å². The maximum absolute atomic E-state index is 14.1. The fourth-order valence-electron chi connectivity index (χ4n) is 6.06. The van der Waals surface area contributed by atoms with Crippen molar-refractivity contribution in [2.75, 3.05) is 5.32 Å². The summed E-state index contributed by atoms with van der Waals surface area (Å²) in [5.41, 5.74) is 3.58. The van der Waals surface area contributed by atoms with Crippen LogP contribution in [-0.4, -0.2) is 27.0 Å². The monoisotopic (exact) mass is 556 g/mol. The predicted octanol–water partition coefficient (Wildman–Crippen LogP) is 5.62. The van der Waals surface area contributed by atoms with Crippen LogP contribution >= 0.6 is 0 Å². The van der Waals surface area contributed by atoms with Crippen LogP contribution in [0.5, 0.6) is 0 Å². The van der Waals surface area contributed by atoms with Crippen LogP contribution in [0, 0.1) is 17.0 Å². The number of hydrogen-bond donors (Lipinski definition) is 3. The number of nitrogens with zero attached hydrogens (tertiary/aromatic N) is 2. The topological polar surface area (TPSA) is 104 Å². The molecular formula is C32H30F2N4O3. The third kappa shape index (κ3) is 4.95. The number of nitrogens with one attached hydrogen (secondary N) is 2. The number of fused-ring (bicyclic) bond motifs is 4. The SMILES string of the molecule is CC(C)(CC[C@H](NCc1cnc2cc3c(cc2c1)C[C@@]1(C3)C(=O)Nc2ncccc21)c1cc(F)cc(F)c1)C(=O)O. The Morgan fingerprint density at radius 1 is 1.10 bits per heavy atom. The minimum atomic E-state index is -0.985. The van der Waals surface area contributed by atoms with Crippen LogP contribution in [0.1, 0.15) is 60.5 Å². The molecule has 7 nitrogen and oxygen atoms in total. The zero-order valence-corrected chi connectivity index (χ0v) is 22.8. The van der Waals surface area contributed by atoms with Crippen molar-refractivity contribution in [3.05, 3.63) is 100 Å². The zero-order valence-electron chi connectivity index (χ0n) is 22.8. The van der Waals surface area contributed by atoms with Crippen molar-refractivity contribution in [2.24, 2.45) is 5.41 Å². The molecule has 0 fully saturated rings. The average Bonchev–Trinajstić information content (AvgIpc) is 3.43. The number of aromatic nitrogens is 2. The zero-order chi connectivity index (χ0) is 28.9. The minimum absolute atomic E-state index is 0.0322. The number of halogens is 2. The Morgan fingerprint density at radius 3 is 2.56 bits per heavy atom. The van der Waals surface area contributed by atoms with Gasteiger partial charge < -0.3 is 15.7 Å². The van der Waals surface area contributed by atoms with E-state index in [9.17, 15) is 23.5 Å². The van der Waals surface area contributed by atoms with Crippen molar-refractivity contribution < 1.29 is 23.5 Å². The summed E-state index contributed by atoms with van der Waals surface area (Å²) in [7, 11) is 0. The van der Waals surface area contributed by atoms with Crippen molar-refractivity contribution in [2.45, 2.75) is 57.5 Å². The van der Waals surface area contributed by atoms with Crippen molar-refractivity contribution in [1.29, 1.82) is 0 Å². The molecule has 9 heteroatoms. The van der Waals surface area contributed by atoms with E-state index < -0.39 is 34.5 Å². The minimum Gasteiger partial charge on any atom is -0.481 e. The van der Waals surface area contributed by atoms with Gasteiger partial charge >= 0.3 is 5.97 Å². The van der Waals surface area contributed by atoms with E-state index in [0.717, 1.165) is 39.2 Å². The van der Waals surface area contributed by atoms with Crippen LogP contribution in [-0.2, 0) is 34.4 Å². The van der Waals surface area contributed by atoms with Gasteiger partial charge in [-0.2, -0.15) is 0 Å². The Labute approximate surface area is 236 Å². The first-order valence-electron chi connectivity index (χ1n) is 13.6. The summed E-state index contributed by atoms with van der Waals surface area (Å²) in [6.07, 6.45) is 5.30. The van der Waals surface area contributed by atoms with Gasteiger partial charge in [0.1, 0.15) is 17.5 Å². The van der Waals surface area contributed by atoms with Gasteiger partial charge in [0.25, 0.3) is 0 Å². The molecule has 1 aliphatic heterocycles. The number of carbonyl (C=O) groups is 2. The van der Waals surface area contributed by atoms with E-state index in [-0.39, 0.29) is 5.91 Å². The highest BCUT2D eigenvalue weighted by Gasteiger charge is 2.51. The van der Waals surface area contributed by atoms with E-state index in [2.05, 4.69) is 26.7 Å². The van der Waals surface area contributed by atoms with Gasteiger partial charge in [0, 0.05) is 42.0 Å². The number of aliphatic carboxylic acids is 1. The van der Waals surface area contributed by atoms with Crippen LogP contribution < -0.4 is 10.6 Å². The van der Waals surface area contributed by atoms with E-state index in [1.54, 1.807) is 26.2 Å². The Hall–Kier alpha value is -4.24. The summed E-state index contributed by atoms with van der Waals surface area (Å²) in [6, 6.07) is 12.9. The Kier molecular flexibility index (Phi) is 6.57. The van der Waals surface area contributed by atoms with Gasteiger partial charge in [-0.25, -0.2) is 13.8 Å². The largest absolute Gasteiger partial charge is 0.481 e. The van der Waals surface area contributed by atoms with Gasteiger partial charge in [0.05, 0.1) is 16.3 Å². The number of carboxylic acids is 1. The second-order valence-corrected chi connectivity index (χ2v) is 11.8. The Bertz CT molecular complexity index is 1690. The highest BCUT2D eigenvalue weighted by molar-refractivity contribution is 6.06. The Morgan fingerprint density at radius 2 is 1.83 bits per heavy atom. The number of amides is 1. The van der Waals surface area contributed by atoms with Crippen LogP contribution in [0.4, 0.5) is 14.6 Å². The maximum Gasteiger partial charge on any atom is 0.309 e. The molecule has 0 bridgehead atoms. The van der Waals surface area contributed by atoms with Crippen LogP contribution in [0.25, 0.3) is 10.9 Å². The molecular weight excluding hydrogens is 526 g/mol. The number of rotatable bonds is 8. The molecule has 1 spiro atoms. The van der Waals surface area contributed by atoms with Crippen molar-refractivity contribution >= 4 is 28.6 Å². The van der Waals surface area contributed by atoms with Crippen LogP contribution in [0.2, 0.25) is 0 Å². The maximum atomic E-state index is 14.1. The summed E-state index contributed by atoms with van der Waals surface area (Å²) >= 11 is 0. The lowest BCUT2D eigenvalue weighted by atomic mass is 9.79. The standard InChI is InChI=1S/C32H30F2N4O3/c1-31(2,30(40)41)6-5-26(20-10-23(33)13-24(34)11-20)36-16-18-8-19-9-21-14-32(15-22(21)12-27(19)37-17-18)25-4-3-7-35-28(25)38-29(32)39/h3-4,7-13,17,26,36H,5-6,14-16H2,1-2H3,(H,40,41)(H,35,38,39)/t26-,32-/m0/s1. The molecule has 1 aliphatic carbocycles. The number of benzene rings is 2. The van der Waals surface area contributed by atoms with Crippen LogP contribution in [0.3, 0.4) is 0 Å². The molecule has 2 aliphatic rings. The summed E-state index contributed by atoms with van der Waals surface area (Å²) in [5.74, 6) is -1.70. The number of anilines is 1. The van der Waals surface area contributed by atoms with Crippen molar-refractivity contribution in [1.82, 2.24) is 15.3 Å².